The first-order chi connectivity index (χ1) is 10.3. The molecule has 2 aliphatic heterocycles. The van der Waals surface area contributed by atoms with Crippen molar-refractivity contribution < 1.29 is 4.74 Å². The zero-order chi connectivity index (χ0) is 14.7. The predicted molar refractivity (Wildman–Crippen MR) is 88.3 cm³/mol. The van der Waals surface area contributed by atoms with E-state index in [1.807, 2.05) is 0 Å². The van der Waals surface area contributed by atoms with E-state index in [0.29, 0.717) is 12.0 Å². The summed E-state index contributed by atoms with van der Waals surface area (Å²) in [6.45, 7) is 8.29. The monoisotopic (exact) mass is 289 g/mol. The van der Waals surface area contributed by atoms with Crippen LogP contribution in [0.4, 0.5) is 11.4 Å². The molecule has 0 spiro atoms. The number of fused-ring (bicyclic) bond motifs is 1. The standard InChI is InChI=1S/C17H27N3O/c1-3-18-15-8-11-21-13-14(15)12-20-10-9-19(2)16-6-4-5-7-17(16)20/h4-7,14-15,18H,3,8-13H2,1-2H3. The van der Waals surface area contributed by atoms with Crippen molar-refractivity contribution in [3.8, 4) is 0 Å². The fraction of sp³-hybridized carbons (Fsp3) is 0.647. The average molecular weight is 289 g/mol. The molecule has 1 aromatic carbocycles. The maximum atomic E-state index is 5.73. The van der Waals surface area contributed by atoms with E-state index >= 15 is 0 Å². The maximum absolute atomic E-state index is 5.73. The van der Waals surface area contributed by atoms with Crippen LogP contribution in [0.15, 0.2) is 24.3 Å². The van der Waals surface area contributed by atoms with Crippen LogP contribution in [0.25, 0.3) is 0 Å². The zero-order valence-electron chi connectivity index (χ0n) is 13.2. The summed E-state index contributed by atoms with van der Waals surface area (Å²) in [5.41, 5.74) is 2.72. The number of hydrogen-bond acceptors (Lipinski definition) is 4. The van der Waals surface area contributed by atoms with Gasteiger partial charge in [0.25, 0.3) is 0 Å². The molecule has 2 unspecified atom stereocenters. The first-order valence-electron chi connectivity index (χ1n) is 8.16. The van der Waals surface area contributed by atoms with Crippen molar-refractivity contribution in [2.24, 2.45) is 5.92 Å². The molecule has 1 saturated heterocycles. The van der Waals surface area contributed by atoms with Gasteiger partial charge in [0.05, 0.1) is 18.0 Å². The lowest BCUT2D eigenvalue weighted by Crippen LogP contribution is -2.50. The SMILES string of the molecule is CCNC1CCOCC1CN1CCN(C)c2ccccc21. The molecule has 1 N–H and O–H groups in total. The van der Waals surface area contributed by atoms with Crippen LogP contribution in [-0.2, 0) is 4.74 Å². The third-order valence-electron chi connectivity index (χ3n) is 4.73. The molecule has 0 aromatic heterocycles. The molecule has 0 saturated carbocycles. The molecule has 0 aliphatic carbocycles. The number of nitrogens with zero attached hydrogens (tertiary/aromatic N) is 2. The number of ether oxygens (including phenoxy) is 1. The Morgan fingerprint density at radius 3 is 2.86 bits per heavy atom. The van der Waals surface area contributed by atoms with Gasteiger partial charge in [-0.05, 0) is 25.1 Å². The fourth-order valence-corrected chi connectivity index (χ4v) is 3.55. The molecule has 0 radical (unpaired) electrons. The van der Waals surface area contributed by atoms with E-state index in [0.717, 1.165) is 45.8 Å². The van der Waals surface area contributed by atoms with Gasteiger partial charge in [0.1, 0.15) is 0 Å². The fourth-order valence-electron chi connectivity index (χ4n) is 3.55. The van der Waals surface area contributed by atoms with Gasteiger partial charge in [0.15, 0.2) is 0 Å². The summed E-state index contributed by atoms with van der Waals surface area (Å²) >= 11 is 0. The molecule has 3 rings (SSSR count). The number of likely N-dealkylation sites (N-methyl/N-ethyl adjacent to an activating group) is 1. The summed E-state index contributed by atoms with van der Waals surface area (Å²) < 4.78 is 5.73. The van der Waals surface area contributed by atoms with Gasteiger partial charge in [-0.1, -0.05) is 19.1 Å². The highest BCUT2D eigenvalue weighted by atomic mass is 16.5. The second-order valence-corrected chi connectivity index (χ2v) is 6.14. The highest BCUT2D eigenvalue weighted by Gasteiger charge is 2.29. The Morgan fingerprint density at radius 2 is 2.05 bits per heavy atom. The van der Waals surface area contributed by atoms with Crippen LogP contribution in [0.1, 0.15) is 13.3 Å². The normalized spacial score (nSPS) is 25.8. The second-order valence-electron chi connectivity index (χ2n) is 6.14. The molecule has 0 amide bonds. The molecule has 4 nitrogen and oxygen atoms in total. The third-order valence-corrected chi connectivity index (χ3v) is 4.73. The van der Waals surface area contributed by atoms with Gasteiger partial charge in [-0.2, -0.15) is 0 Å². The topological polar surface area (TPSA) is 27.7 Å². The quantitative estimate of drug-likeness (QED) is 0.917. The van der Waals surface area contributed by atoms with E-state index in [2.05, 4.69) is 53.4 Å². The first kappa shape index (κ1) is 14.7. The Hall–Kier alpha value is -1.26. The number of benzene rings is 1. The van der Waals surface area contributed by atoms with Crippen molar-refractivity contribution in [2.45, 2.75) is 19.4 Å². The van der Waals surface area contributed by atoms with Crippen molar-refractivity contribution >= 4 is 11.4 Å². The first-order valence-corrected chi connectivity index (χ1v) is 8.16. The number of hydrogen-bond donors (Lipinski definition) is 1. The lowest BCUT2D eigenvalue weighted by atomic mass is 9.94. The van der Waals surface area contributed by atoms with Crippen molar-refractivity contribution in [3.63, 3.8) is 0 Å². The van der Waals surface area contributed by atoms with Crippen LogP contribution in [0, 0.1) is 5.92 Å². The molecule has 4 heteroatoms. The third kappa shape index (κ3) is 3.16. The van der Waals surface area contributed by atoms with E-state index in [-0.39, 0.29) is 0 Å². The van der Waals surface area contributed by atoms with Crippen LogP contribution in [-0.4, -0.2) is 52.5 Å². The van der Waals surface area contributed by atoms with Gasteiger partial charge in [-0.25, -0.2) is 0 Å². The number of nitrogens with one attached hydrogen (secondary N) is 1. The van der Waals surface area contributed by atoms with Crippen molar-refractivity contribution in [2.75, 3.05) is 56.2 Å². The lowest BCUT2D eigenvalue weighted by molar-refractivity contribution is 0.0351. The van der Waals surface area contributed by atoms with Gasteiger partial charge in [0.2, 0.25) is 0 Å². The summed E-state index contributed by atoms with van der Waals surface area (Å²) in [6.07, 6.45) is 1.13. The van der Waals surface area contributed by atoms with E-state index < -0.39 is 0 Å². The Bertz CT molecular complexity index is 463. The smallest absolute Gasteiger partial charge is 0.0604 e. The molecule has 0 bridgehead atoms. The lowest BCUT2D eigenvalue weighted by Gasteiger charge is -2.41. The van der Waals surface area contributed by atoms with Gasteiger partial charge < -0.3 is 19.9 Å². The Kier molecular flexibility index (Phi) is 4.66. The molecule has 116 valence electrons. The van der Waals surface area contributed by atoms with Gasteiger partial charge in [-0.3, -0.25) is 0 Å². The highest BCUT2D eigenvalue weighted by molar-refractivity contribution is 5.73. The summed E-state index contributed by atoms with van der Waals surface area (Å²) in [6, 6.07) is 9.33. The molecule has 21 heavy (non-hydrogen) atoms. The van der Waals surface area contributed by atoms with Gasteiger partial charge >= 0.3 is 0 Å². The van der Waals surface area contributed by atoms with Crippen molar-refractivity contribution in [1.82, 2.24) is 5.32 Å². The number of para-hydroxylation sites is 2. The minimum absolute atomic E-state index is 0.579. The largest absolute Gasteiger partial charge is 0.381 e. The number of rotatable bonds is 4. The van der Waals surface area contributed by atoms with Crippen LogP contribution >= 0.6 is 0 Å². The minimum Gasteiger partial charge on any atom is -0.381 e. The molecular weight excluding hydrogens is 262 g/mol. The number of anilines is 2. The van der Waals surface area contributed by atoms with Crippen molar-refractivity contribution in [1.29, 1.82) is 0 Å². The molecule has 2 aliphatic rings. The summed E-state index contributed by atoms with van der Waals surface area (Å²) in [4.78, 5) is 4.89. The van der Waals surface area contributed by atoms with E-state index in [1.54, 1.807) is 0 Å². The molecule has 1 fully saturated rings. The molecule has 2 heterocycles. The molecular formula is C17H27N3O. The van der Waals surface area contributed by atoms with Crippen LogP contribution in [0.5, 0.6) is 0 Å². The second kappa shape index (κ2) is 6.67. The Morgan fingerprint density at radius 1 is 1.24 bits per heavy atom. The summed E-state index contributed by atoms with van der Waals surface area (Å²) in [5, 5.41) is 3.64. The van der Waals surface area contributed by atoms with Gasteiger partial charge in [-0.15, -0.1) is 0 Å². The van der Waals surface area contributed by atoms with Crippen LogP contribution in [0.2, 0.25) is 0 Å². The molecule has 2 atom stereocenters. The highest BCUT2D eigenvalue weighted by Crippen LogP contribution is 2.32. The maximum Gasteiger partial charge on any atom is 0.0604 e. The van der Waals surface area contributed by atoms with Crippen LogP contribution < -0.4 is 15.1 Å². The van der Waals surface area contributed by atoms with Crippen LogP contribution in [0.3, 0.4) is 0 Å². The Balaban J connectivity index is 1.74. The summed E-state index contributed by atoms with van der Waals surface area (Å²) in [7, 11) is 2.18. The van der Waals surface area contributed by atoms with Crippen molar-refractivity contribution in [3.05, 3.63) is 24.3 Å². The van der Waals surface area contributed by atoms with E-state index in [9.17, 15) is 0 Å². The predicted octanol–water partition coefficient (Wildman–Crippen LogP) is 1.96. The Labute approximate surface area is 128 Å². The minimum atomic E-state index is 0.579. The van der Waals surface area contributed by atoms with Gasteiger partial charge in [0, 0.05) is 45.2 Å². The van der Waals surface area contributed by atoms with E-state index in [4.69, 9.17) is 4.74 Å². The average Bonchev–Trinajstić information content (AvgIpc) is 2.52. The van der Waals surface area contributed by atoms with E-state index in [1.165, 1.54) is 11.4 Å². The summed E-state index contributed by atoms with van der Waals surface area (Å²) in [5.74, 6) is 0.579. The zero-order valence-corrected chi connectivity index (χ0v) is 13.2. The molecule has 1 aromatic rings.